The van der Waals surface area contributed by atoms with Gasteiger partial charge in [0.1, 0.15) is 0 Å². The summed E-state index contributed by atoms with van der Waals surface area (Å²) in [6, 6.07) is 0. The topological polar surface area (TPSA) is 84.9 Å². The second kappa shape index (κ2) is 3.53. The Kier molecular flexibility index (Phi) is 2.62. The van der Waals surface area contributed by atoms with Crippen molar-refractivity contribution in [1.82, 2.24) is 4.98 Å². The van der Waals surface area contributed by atoms with E-state index in [1.807, 2.05) is 0 Å². The van der Waals surface area contributed by atoms with Gasteiger partial charge in [-0.25, -0.2) is 8.78 Å². The Labute approximate surface area is 72.6 Å². The lowest BCUT2D eigenvalue weighted by Crippen LogP contribution is -2.20. The number of halogens is 2. The van der Waals surface area contributed by atoms with Gasteiger partial charge in [-0.15, -0.1) is 0 Å². The molecule has 0 aromatic carbocycles. The molecule has 0 atom stereocenters. The summed E-state index contributed by atoms with van der Waals surface area (Å²) in [7, 11) is 0. The van der Waals surface area contributed by atoms with E-state index in [1.54, 1.807) is 0 Å². The van der Waals surface area contributed by atoms with Crippen LogP contribution in [-0.2, 0) is 6.54 Å². The van der Waals surface area contributed by atoms with E-state index in [-0.39, 0.29) is 17.8 Å². The molecule has 0 saturated carbocycles. The number of aromatic nitrogens is 1. The Bertz CT molecular complexity index is 361. The van der Waals surface area contributed by atoms with Crippen molar-refractivity contribution in [2.24, 2.45) is 5.73 Å². The molecule has 1 aromatic heterocycles. The molecule has 6 heteroatoms. The zero-order valence-corrected chi connectivity index (χ0v) is 6.68. The van der Waals surface area contributed by atoms with Crippen LogP contribution >= 0.6 is 0 Å². The normalized spacial score (nSPS) is 10.8. The molecular weight excluding hydrogens is 180 g/mol. The predicted octanol–water partition coefficient (Wildman–Crippen LogP) is 0.353. The first-order valence-corrected chi connectivity index (χ1v) is 3.56. The molecule has 13 heavy (non-hydrogen) atoms. The zero-order chi connectivity index (χ0) is 10.0. The molecule has 0 spiro atoms. The van der Waals surface area contributed by atoms with E-state index in [0.29, 0.717) is 0 Å². The summed E-state index contributed by atoms with van der Waals surface area (Å²) in [5, 5.41) is 0. The van der Waals surface area contributed by atoms with E-state index in [9.17, 15) is 13.6 Å². The first kappa shape index (κ1) is 9.66. The highest BCUT2D eigenvalue weighted by atomic mass is 19.3. The van der Waals surface area contributed by atoms with Crippen molar-refractivity contribution < 1.29 is 8.78 Å². The quantitative estimate of drug-likeness (QED) is 0.627. The maximum Gasteiger partial charge on any atom is 0.266 e. The lowest BCUT2D eigenvalue weighted by Gasteiger charge is -2.07. The van der Waals surface area contributed by atoms with Crippen molar-refractivity contribution in [3.8, 4) is 0 Å². The van der Waals surface area contributed by atoms with Gasteiger partial charge in [-0.2, -0.15) is 0 Å². The van der Waals surface area contributed by atoms with Crippen LogP contribution in [0.2, 0.25) is 0 Å². The van der Waals surface area contributed by atoms with E-state index < -0.39 is 17.5 Å². The molecule has 0 bridgehead atoms. The van der Waals surface area contributed by atoms with E-state index in [4.69, 9.17) is 11.5 Å². The molecule has 0 aliphatic carbocycles. The van der Waals surface area contributed by atoms with Gasteiger partial charge in [0.25, 0.3) is 12.0 Å². The summed E-state index contributed by atoms with van der Waals surface area (Å²) < 4.78 is 24.7. The Morgan fingerprint density at radius 3 is 2.54 bits per heavy atom. The van der Waals surface area contributed by atoms with E-state index in [0.717, 1.165) is 6.20 Å². The Balaban J connectivity index is 3.44. The number of pyridine rings is 1. The minimum absolute atomic E-state index is 0.143. The first-order valence-electron chi connectivity index (χ1n) is 3.56. The van der Waals surface area contributed by atoms with Crippen LogP contribution in [0.4, 0.5) is 14.5 Å². The van der Waals surface area contributed by atoms with Gasteiger partial charge in [-0.05, 0) is 0 Å². The fraction of sp³-hybridized carbons (Fsp3) is 0.286. The summed E-state index contributed by atoms with van der Waals surface area (Å²) in [6.45, 7) is -0.250. The van der Waals surface area contributed by atoms with Gasteiger partial charge in [-0.1, -0.05) is 0 Å². The van der Waals surface area contributed by atoms with Gasteiger partial charge in [0, 0.05) is 18.3 Å². The second-order valence-electron chi connectivity index (χ2n) is 2.47. The average Bonchev–Trinajstić information content (AvgIpc) is 2.07. The molecule has 0 fully saturated rings. The number of nitrogens with one attached hydrogen (secondary N) is 1. The van der Waals surface area contributed by atoms with Crippen LogP contribution in [0, 0.1) is 0 Å². The van der Waals surface area contributed by atoms with Gasteiger partial charge in [0.2, 0.25) is 0 Å². The molecule has 0 aliphatic rings. The highest BCUT2D eigenvalue weighted by Crippen LogP contribution is 2.25. The third-order valence-corrected chi connectivity index (χ3v) is 1.69. The van der Waals surface area contributed by atoms with Crippen LogP contribution in [0.25, 0.3) is 0 Å². The van der Waals surface area contributed by atoms with Gasteiger partial charge >= 0.3 is 0 Å². The number of H-pyrrole nitrogens is 1. The fourth-order valence-electron chi connectivity index (χ4n) is 1.07. The summed E-state index contributed by atoms with van der Waals surface area (Å²) in [4.78, 5) is 13.2. The van der Waals surface area contributed by atoms with Gasteiger partial charge in [0.05, 0.1) is 11.3 Å². The van der Waals surface area contributed by atoms with Crippen LogP contribution in [0.1, 0.15) is 17.6 Å². The first-order chi connectivity index (χ1) is 6.07. The highest BCUT2D eigenvalue weighted by molar-refractivity contribution is 5.49. The summed E-state index contributed by atoms with van der Waals surface area (Å²) >= 11 is 0. The molecule has 1 aromatic rings. The molecule has 0 unspecified atom stereocenters. The summed E-state index contributed by atoms with van der Waals surface area (Å²) in [6.07, 6.45) is -1.73. The van der Waals surface area contributed by atoms with Crippen LogP contribution in [0.15, 0.2) is 11.0 Å². The second-order valence-corrected chi connectivity index (χ2v) is 2.47. The number of alkyl halides is 2. The predicted molar refractivity (Wildman–Crippen MR) is 44.3 cm³/mol. The van der Waals surface area contributed by atoms with Gasteiger partial charge < -0.3 is 16.5 Å². The molecule has 5 N–H and O–H groups in total. The zero-order valence-electron chi connectivity index (χ0n) is 6.68. The largest absolute Gasteiger partial charge is 0.397 e. The molecule has 0 saturated heterocycles. The molecule has 0 radical (unpaired) electrons. The van der Waals surface area contributed by atoms with Crippen molar-refractivity contribution in [1.29, 1.82) is 0 Å². The van der Waals surface area contributed by atoms with Crippen molar-refractivity contribution in [2.45, 2.75) is 13.0 Å². The number of anilines is 1. The van der Waals surface area contributed by atoms with Crippen molar-refractivity contribution >= 4 is 5.69 Å². The highest BCUT2D eigenvalue weighted by Gasteiger charge is 2.18. The SMILES string of the molecule is NCc1c(C(F)F)c(N)c[nH]c1=O. The average molecular weight is 189 g/mol. The minimum atomic E-state index is -2.78. The number of aromatic amines is 1. The van der Waals surface area contributed by atoms with E-state index >= 15 is 0 Å². The van der Waals surface area contributed by atoms with Crippen molar-refractivity contribution in [2.75, 3.05) is 5.73 Å². The number of hydrogen-bond donors (Lipinski definition) is 3. The molecule has 72 valence electrons. The standard InChI is InChI=1S/C7H9F2N3O/c8-6(9)5-3(1-10)7(13)12-2-4(5)11/h2,6H,1,10-11H2,(H,12,13). The van der Waals surface area contributed by atoms with Crippen molar-refractivity contribution in [3.63, 3.8) is 0 Å². The third kappa shape index (κ3) is 1.67. The summed E-state index contributed by atoms with van der Waals surface area (Å²) in [5.74, 6) is 0. The van der Waals surface area contributed by atoms with Gasteiger partial charge in [-0.3, -0.25) is 4.79 Å². The maximum absolute atomic E-state index is 12.4. The number of nitrogens with two attached hydrogens (primary N) is 2. The molecule has 1 heterocycles. The van der Waals surface area contributed by atoms with Crippen LogP contribution < -0.4 is 17.0 Å². The lowest BCUT2D eigenvalue weighted by atomic mass is 10.1. The Hall–Kier alpha value is -1.43. The molecule has 0 aliphatic heterocycles. The number of nitrogen functional groups attached to an aromatic ring is 1. The lowest BCUT2D eigenvalue weighted by molar-refractivity contribution is 0.151. The number of hydrogen-bond acceptors (Lipinski definition) is 3. The van der Waals surface area contributed by atoms with Crippen LogP contribution in [0.3, 0.4) is 0 Å². The van der Waals surface area contributed by atoms with E-state index in [2.05, 4.69) is 4.98 Å². The minimum Gasteiger partial charge on any atom is -0.397 e. The van der Waals surface area contributed by atoms with E-state index in [1.165, 1.54) is 0 Å². The smallest absolute Gasteiger partial charge is 0.266 e. The molecule has 1 rings (SSSR count). The number of rotatable bonds is 2. The third-order valence-electron chi connectivity index (χ3n) is 1.69. The molecular formula is C7H9F2N3O. The maximum atomic E-state index is 12.4. The fourth-order valence-corrected chi connectivity index (χ4v) is 1.07. The summed E-state index contributed by atoms with van der Waals surface area (Å²) in [5.41, 5.74) is 9.02. The monoisotopic (exact) mass is 189 g/mol. The Morgan fingerprint density at radius 1 is 1.54 bits per heavy atom. The van der Waals surface area contributed by atoms with Crippen LogP contribution in [0.5, 0.6) is 0 Å². The molecule has 0 amide bonds. The molecule has 4 nitrogen and oxygen atoms in total. The van der Waals surface area contributed by atoms with Crippen LogP contribution in [-0.4, -0.2) is 4.98 Å². The van der Waals surface area contributed by atoms with Crippen molar-refractivity contribution in [3.05, 3.63) is 27.7 Å². The Morgan fingerprint density at radius 2 is 2.15 bits per heavy atom. The van der Waals surface area contributed by atoms with Gasteiger partial charge in [0.15, 0.2) is 0 Å².